The molecule has 17 heavy (non-hydrogen) atoms. The van der Waals surface area contributed by atoms with E-state index in [1.54, 1.807) is 11.8 Å². The standard InChI is InChI=1S/C12H21NO3S/c1-8(2)17-7-11(14)13-10-6-4-3-5-9(10)12(15)16/h8-10H,3-7H2,1-2H3,(H,13,14)(H,15,16). The van der Waals surface area contributed by atoms with Crippen LogP contribution in [0.4, 0.5) is 0 Å². The molecular weight excluding hydrogens is 238 g/mol. The highest BCUT2D eigenvalue weighted by Gasteiger charge is 2.31. The molecule has 1 rings (SSSR count). The van der Waals surface area contributed by atoms with Crippen molar-refractivity contribution in [2.75, 3.05) is 5.75 Å². The Morgan fingerprint density at radius 3 is 2.59 bits per heavy atom. The molecule has 0 aromatic carbocycles. The van der Waals surface area contributed by atoms with Crippen molar-refractivity contribution in [3.05, 3.63) is 0 Å². The highest BCUT2D eigenvalue weighted by atomic mass is 32.2. The van der Waals surface area contributed by atoms with Gasteiger partial charge in [-0.25, -0.2) is 0 Å². The van der Waals surface area contributed by atoms with Crippen LogP contribution in [0, 0.1) is 5.92 Å². The molecule has 4 nitrogen and oxygen atoms in total. The minimum absolute atomic E-state index is 0.0400. The molecule has 1 aliphatic carbocycles. The molecule has 0 heterocycles. The molecule has 1 amide bonds. The zero-order chi connectivity index (χ0) is 12.8. The van der Waals surface area contributed by atoms with E-state index >= 15 is 0 Å². The summed E-state index contributed by atoms with van der Waals surface area (Å²) >= 11 is 1.58. The molecule has 2 N–H and O–H groups in total. The topological polar surface area (TPSA) is 66.4 Å². The first kappa shape index (κ1) is 14.4. The highest BCUT2D eigenvalue weighted by Crippen LogP contribution is 2.24. The van der Waals surface area contributed by atoms with Gasteiger partial charge in [-0.15, -0.1) is 11.8 Å². The minimum Gasteiger partial charge on any atom is -0.481 e. The van der Waals surface area contributed by atoms with E-state index in [1.165, 1.54) is 0 Å². The van der Waals surface area contributed by atoms with Gasteiger partial charge in [0.25, 0.3) is 0 Å². The van der Waals surface area contributed by atoms with E-state index in [-0.39, 0.29) is 11.9 Å². The Hall–Kier alpha value is -0.710. The van der Waals surface area contributed by atoms with Crippen LogP contribution in [0.3, 0.4) is 0 Å². The Labute approximate surface area is 107 Å². The molecule has 1 aliphatic rings. The van der Waals surface area contributed by atoms with Gasteiger partial charge >= 0.3 is 5.97 Å². The lowest BCUT2D eigenvalue weighted by Gasteiger charge is -2.29. The Bertz CT molecular complexity index is 281. The molecule has 0 radical (unpaired) electrons. The number of hydrogen-bond acceptors (Lipinski definition) is 3. The largest absolute Gasteiger partial charge is 0.481 e. The second kappa shape index (κ2) is 6.89. The van der Waals surface area contributed by atoms with E-state index < -0.39 is 11.9 Å². The number of carboxylic acids is 1. The van der Waals surface area contributed by atoms with Gasteiger partial charge in [0.05, 0.1) is 11.7 Å². The average molecular weight is 259 g/mol. The number of carbonyl (C=O) groups excluding carboxylic acids is 1. The second-order valence-corrected chi connectivity index (χ2v) is 6.33. The van der Waals surface area contributed by atoms with Crippen molar-refractivity contribution in [2.24, 2.45) is 5.92 Å². The van der Waals surface area contributed by atoms with Crippen molar-refractivity contribution in [1.82, 2.24) is 5.32 Å². The van der Waals surface area contributed by atoms with Gasteiger partial charge in [0.15, 0.2) is 0 Å². The van der Waals surface area contributed by atoms with E-state index in [1.807, 2.05) is 13.8 Å². The summed E-state index contributed by atoms with van der Waals surface area (Å²) in [7, 11) is 0. The maximum Gasteiger partial charge on any atom is 0.308 e. The van der Waals surface area contributed by atoms with Crippen molar-refractivity contribution in [2.45, 2.75) is 50.8 Å². The SMILES string of the molecule is CC(C)SCC(=O)NC1CCCCC1C(=O)O. The minimum atomic E-state index is -0.786. The number of carbonyl (C=O) groups is 2. The van der Waals surface area contributed by atoms with Gasteiger partial charge in [-0.3, -0.25) is 9.59 Å². The van der Waals surface area contributed by atoms with Gasteiger partial charge in [-0.05, 0) is 18.1 Å². The number of carboxylic acid groups (broad SMARTS) is 1. The molecule has 5 heteroatoms. The van der Waals surface area contributed by atoms with Crippen molar-refractivity contribution < 1.29 is 14.7 Å². The summed E-state index contributed by atoms with van der Waals surface area (Å²) in [4.78, 5) is 22.7. The molecule has 0 aromatic heterocycles. The van der Waals surface area contributed by atoms with Crippen LogP contribution in [-0.2, 0) is 9.59 Å². The highest BCUT2D eigenvalue weighted by molar-refractivity contribution is 8.00. The number of amides is 1. The van der Waals surface area contributed by atoms with Crippen LogP contribution < -0.4 is 5.32 Å². The Kier molecular flexibility index (Phi) is 5.82. The predicted molar refractivity (Wildman–Crippen MR) is 69.1 cm³/mol. The third-order valence-corrected chi connectivity index (χ3v) is 4.07. The normalized spacial score (nSPS) is 24.6. The Morgan fingerprint density at radius 2 is 2.00 bits per heavy atom. The molecule has 2 unspecified atom stereocenters. The van der Waals surface area contributed by atoms with Crippen molar-refractivity contribution in [3.8, 4) is 0 Å². The van der Waals surface area contributed by atoms with Crippen molar-refractivity contribution in [3.63, 3.8) is 0 Å². The molecule has 0 aromatic rings. The van der Waals surface area contributed by atoms with Crippen LogP contribution in [-0.4, -0.2) is 34.0 Å². The average Bonchev–Trinajstić information content (AvgIpc) is 2.27. The van der Waals surface area contributed by atoms with Crippen molar-refractivity contribution in [1.29, 1.82) is 0 Å². The van der Waals surface area contributed by atoms with E-state index in [0.29, 0.717) is 17.4 Å². The lowest BCUT2D eigenvalue weighted by molar-refractivity contribution is -0.144. The summed E-state index contributed by atoms with van der Waals surface area (Å²) in [6, 6.07) is -0.179. The molecule has 1 fully saturated rings. The quantitative estimate of drug-likeness (QED) is 0.791. The number of hydrogen-bond donors (Lipinski definition) is 2. The van der Waals surface area contributed by atoms with Crippen LogP contribution in [0.15, 0.2) is 0 Å². The number of nitrogens with one attached hydrogen (secondary N) is 1. The molecule has 98 valence electrons. The fourth-order valence-electron chi connectivity index (χ4n) is 2.09. The third-order valence-electron chi connectivity index (χ3n) is 2.98. The maximum absolute atomic E-state index is 11.7. The zero-order valence-corrected chi connectivity index (χ0v) is 11.3. The summed E-state index contributed by atoms with van der Waals surface area (Å²) < 4.78 is 0. The van der Waals surface area contributed by atoms with Crippen molar-refractivity contribution >= 4 is 23.6 Å². The van der Waals surface area contributed by atoms with Crippen LogP contribution in [0.2, 0.25) is 0 Å². The predicted octanol–water partition coefficient (Wildman–Crippen LogP) is 1.89. The molecule has 0 aliphatic heterocycles. The van der Waals surface area contributed by atoms with Gasteiger partial charge in [0.1, 0.15) is 0 Å². The van der Waals surface area contributed by atoms with E-state index in [2.05, 4.69) is 5.32 Å². The monoisotopic (exact) mass is 259 g/mol. The Balaban J connectivity index is 2.42. The zero-order valence-electron chi connectivity index (χ0n) is 10.4. The lowest BCUT2D eigenvalue weighted by Crippen LogP contribution is -2.45. The fourth-order valence-corrected chi connectivity index (χ4v) is 2.66. The molecular formula is C12H21NO3S. The van der Waals surface area contributed by atoms with Crippen LogP contribution in [0.25, 0.3) is 0 Å². The van der Waals surface area contributed by atoms with Gasteiger partial charge < -0.3 is 10.4 Å². The summed E-state index contributed by atoms with van der Waals surface area (Å²) in [5, 5.41) is 12.4. The van der Waals surface area contributed by atoms with Crippen LogP contribution in [0.5, 0.6) is 0 Å². The Morgan fingerprint density at radius 1 is 1.35 bits per heavy atom. The number of thioether (sulfide) groups is 1. The van der Waals surface area contributed by atoms with Gasteiger partial charge in [-0.1, -0.05) is 26.7 Å². The molecule has 0 saturated heterocycles. The van der Waals surface area contributed by atoms with E-state index in [9.17, 15) is 9.59 Å². The van der Waals surface area contributed by atoms with Crippen LogP contribution in [0.1, 0.15) is 39.5 Å². The fraction of sp³-hybridized carbons (Fsp3) is 0.833. The summed E-state index contributed by atoms with van der Waals surface area (Å²) in [6.45, 7) is 4.08. The lowest BCUT2D eigenvalue weighted by atomic mass is 9.84. The molecule has 2 atom stereocenters. The summed E-state index contributed by atoms with van der Waals surface area (Å²) in [6.07, 6.45) is 3.42. The molecule has 1 saturated carbocycles. The summed E-state index contributed by atoms with van der Waals surface area (Å²) in [5.74, 6) is -0.814. The van der Waals surface area contributed by atoms with Gasteiger partial charge in [0, 0.05) is 6.04 Å². The first-order valence-electron chi connectivity index (χ1n) is 6.14. The van der Waals surface area contributed by atoms with Gasteiger partial charge in [0.2, 0.25) is 5.91 Å². The number of rotatable bonds is 5. The van der Waals surface area contributed by atoms with Crippen LogP contribution >= 0.6 is 11.8 Å². The van der Waals surface area contributed by atoms with E-state index in [4.69, 9.17) is 5.11 Å². The van der Waals surface area contributed by atoms with E-state index in [0.717, 1.165) is 19.3 Å². The smallest absolute Gasteiger partial charge is 0.308 e. The first-order valence-corrected chi connectivity index (χ1v) is 7.19. The van der Waals surface area contributed by atoms with Gasteiger partial charge in [-0.2, -0.15) is 0 Å². The molecule has 0 spiro atoms. The maximum atomic E-state index is 11.7. The first-order chi connectivity index (χ1) is 8.00. The third kappa shape index (κ3) is 4.98. The molecule has 0 bridgehead atoms. The summed E-state index contributed by atoms with van der Waals surface area (Å²) in [5.41, 5.74) is 0. The second-order valence-electron chi connectivity index (χ2n) is 4.76. The number of aliphatic carboxylic acids is 1.